The summed E-state index contributed by atoms with van der Waals surface area (Å²) in [5.74, 6) is -1.04. The van der Waals surface area contributed by atoms with Gasteiger partial charge in [0.2, 0.25) is 0 Å². The fourth-order valence-electron chi connectivity index (χ4n) is 1.53. The highest BCUT2D eigenvalue weighted by atomic mass is 16.6. The Morgan fingerprint density at radius 2 is 2.22 bits per heavy atom. The Labute approximate surface area is 104 Å². The smallest absolute Gasteiger partial charge is 0.332 e. The molecule has 96 valence electrons. The summed E-state index contributed by atoms with van der Waals surface area (Å²) in [7, 11) is 1.73. The Morgan fingerprint density at radius 1 is 1.56 bits per heavy atom. The third-order valence-corrected chi connectivity index (χ3v) is 2.34. The molecule has 1 aromatic carbocycles. The zero-order valence-electron chi connectivity index (χ0n) is 10.00. The van der Waals surface area contributed by atoms with Gasteiger partial charge in [0.1, 0.15) is 0 Å². The predicted molar refractivity (Wildman–Crippen MR) is 66.2 cm³/mol. The van der Waals surface area contributed by atoms with Crippen LogP contribution in [0.15, 0.2) is 36.4 Å². The second-order valence-corrected chi connectivity index (χ2v) is 4.01. The average Bonchev–Trinajstić information content (AvgIpc) is 2.28. The molecular weight excluding hydrogens is 236 g/mol. The number of aliphatic carboxylic acids is 1. The lowest BCUT2D eigenvalue weighted by atomic mass is 10.2. The standard InChI is InChI=1S/C12H14N2O4/c1-9(12(15)16)7-13(2)8-10-4-3-5-11(6-10)14(17)18/h3-6H,1,7-8H2,2H3,(H,15,16). The van der Waals surface area contributed by atoms with Gasteiger partial charge in [-0.2, -0.15) is 0 Å². The summed E-state index contributed by atoms with van der Waals surface area (Å²) in [4.78, 5) is 22.5. The minimum atomic E-state index is -1.04. The van der Waals surface area contributed by atoms with Gasteiger partial charge in [-0.15, -0.1) is 0 Å². The highest BCUT2D eigenvalue weighted by molar-refractivity contribution is 5.86. The second kappa shape index (κ2) is 5.92. The van der Waals surface area contributed by atoms with Gasteiger partial charge in [0.15, 0.2) is 0 Å². The number of hydrogen-bond donors (Lipinski definition) is 1. The number of hydrogen-bond acceptors (Lipinski definition) is 4. The van der Waals surface area contributed by atoms with Crippen LogP contribution in [0.5, 0.6) is 0 Å². The van der Waals surface area contributed by atoms with E-state index in [9.17, 15) is 14.9 Å². The molecule has 6 heteroatoms. The van der Waals surface area contributed by atoms with E-state index in [2.05, 4.69) is 6.58 Å². The van der Waals surface area contributed by atoms with E-state index >= 15 is 0 Å². The topological polar surface area (TPSA) is 83.7 Å². The zero-order valence-corrected chi connectivity index (χ0v) is 10.00. The number of non-ortho nitro benzene ring substituents is 1. The lowest BCUT2D eigenvalue weighted by Crippen LogP contribution is -2.23. The Hall–Kier alpha value is -2.21. The van der Waals surface area contributed by atoms with Gasteiger partial charge in [-0.25, -0.2) is 4.79 Å². The number of nitro groups is 1. The molecule has 1 N–H and O–H groups in total. The van der Waals surface area contributed by atoms with E-state index in [0.29, 0.717) is 6.54 Å². The highest BCUT2D eigenvalue weighted by Gasteiger charge is 2.10. The highest BCUT2D eigenvalue weighted by Crippen LogP contribution is 2.14. The quantitative estimate of drug-likeness (QED) is 0.471. The molecule has 0 atom stereocenters. The SMILES string of the molecule is C=C(CN(C)Cc1cccc([N+](=O)[O-])c1)C(=O)O. The van der Waals surface area contributed by atoms with Crippen LogP contribution >= 0.6 is 0 Å². The first-order valence-electron chi connectivity index (χ1n) is 5.23. The van der Waals surface area contributed by atoms with Crippen molar-refractivity contribution in [1.29, 1.82) is 0 Å². The summed E-state index contributed by atoms with van der Waals surface area (Å²) in [5.41, 5.74) is 0.866. The van der Waals surface area contributed by atoms with Crippen molar-refractivity contribution in [2.24, 2.45) is 0 Å². The Bertz CT molecular complexity index is 485. The summed E-state index contributed by atoms with van der Waals surface area (Å²) >= 11 is 0. The first-order chi connectivity index (χ1) is 8.40. The number of carbonyl (C=O) groups is 1. The number of nitro benzene ring substituents is 1. The van der Waals surface area contributed by atoms with Crippen LogP contribution in [0.1, 0.15) is 5.56 Å². The summed E-state index contributed by atoms with van der Waals surface area (Å²) in [6.45, 7) is 4.06. The molecule has 1 rings (SSSR count). The minimum Gasteiger partial charge on any atom is -0.478 e. The maximum Gasteiger partial charge on any atom is 0.332 e. The maximum atomic E-state index is 10.6. The van der Waals surface area contributed by atoms with Crippen LogP contribution in [0.2, 0.25) is 0 Å². The average molecular weight is 250 g/mol. The van der Waals surface area contributed by atoms with Gasteiger partial charge in [0.25, 0.3) is 5.69 Å². The van der Waals surface area contributed by atoms with Gasteiger partial charge >= 0.3 is 5.97 Å². The molecule has 0 aliphatic rings. The molecule has 0 aliphatic carbocycles. The van der Waals surface area contributed by atoms with E-state index < -0.39 is 10.9 Å². The van der Waals surface area contributed by atoms with Crippen molar-refractivity contribution in [1.82, 2.24) is 4.90 Å². The van der Waals surface area contributed by atoms with Crippen molar-refractivity contribution >= 4 is 11.7 Å². The van der Waals surface area contributed by atoms with E-state index in [1.54, 1.807) is 24.1 Å². The van der Waals surface area contributed by atoms with Crippen molar-refractivity contribution < 1.29 is 14.8 Å². The summed E-state index contributed by atoms with van der Waals surface area (Å²) in [6, 6.07) is 6.25. The lowest BCUT2D eigenvalue weighted by molar-refractivity contribution is -0.384. The van der Waals surface area contributed by atoms with Crippen LogP contribution in [0, 0.1) is 10.1 Å². The van der Waals surface area contributed by atoms with Crippen LogP contribution in [0.3, 0.4) is 0 Å². The van der Waals surface area contributed by atoms with Crippen molar-refractivity contribution in [2.75, 3.05) is 13.6 Å². The van der Waals surface area contributed by atoms with E-state index in [1.807, 2.05) is 0 Å². The molecule has 0 bridgehead atoms. The molecule has 0 fully saturated rings. The summed E-state index contributed by atoms with van der Waals surface area (Å²) in [6.07, 6.45) is 0. The molecule has 0 radical (unpaired) electrons. The van der Waals surface area contributed by atoms with Crippen LogP contribution < -0.4 is 0 Å². The first kappa shape index (κ1) is 13.9. The van der Waals surface area contributed by atoms with Crippen molar-refractivity contribution in [3.05, 3.63) is 52.1 Å². The number of nitrogens with zero attached hydrogens (tertiary/aromatic N) is 2. The molecule has 18 heavy (non-hydrogen) atoms. The summed E-state index contributed by atoms with van der Waals surface area (Å²) in [5, 5.41) is 19.3. The molecule has 6 nitrogen and oxygen atoms in total. The zero-order chi connectivity index (χ0) is 13.7. The minimum absolute atomic E-state index is 0.0259. The molecule has 0 amide bonds. The van der Waals surface area contributed by atoms with Crippen molar-refractivity contribution in [3.63, 3.8) is 0 Å². The fraction of sp³-hybridized carbons (Fsp3) is 0.250. The maximum absolute atomic E-state index is 10.6. The normalized spacial score (nSPS) is 10.3. The van der Waals surface area contributed by atoms with Crippen molar-refractivity contribution in [3.8, 4) is 0 Å². The number of benzene rings is 1. The molecule has 0 saturated heterocycles. The van der Waals surface area contributed by atoms with Crippen LogP contribution in [0.25, 0.3) is 0 Å². The van der Waals surface area contributed by atoms with Gasteiger partial charge in [-0.3, -0.25) is 15.0 Å². The van der Waals surface area contributed by atoms with Gasteiger partial charge in [-0.1, -0.05) is 18.7 Å². The molecule has 0 aromatic heterocycles. The molecule has 0 heterocycles. The number of carboxylic acids is 1. The number of carboxylic acid groups (broad SMARTS) is 1. The van der Waals surface area contributed by atoms with E-state index in [0.717, 1.165) is 5.56 Å². The Kier molecular flexibility index (Phi) is 4.56. The number of likely N-dealkylation sites (N-methyl/N-ethyl adjacent to an activating group) is 1. The fourth-order valence-corrected chi connectivity index (χ4v) is 1.53. The van der Waals surface area contributed by atoms with E-state index in [-0.39, 0.29) is 17.8 Å². The van der Waals surface area contributed by atoms with Gasteiger partial charge in [-0.05, 0) is 12.6 Å². The van der Waals surface area contributed by atoms with E-state index in [1.165, 1.54) is 12.1 Å². The third kappa shape index (κ3) is 3.99. The number of rotatable bonds is 6. The molecular formula is C12H14N2O4. The van der Waals surface area contributed by atoms with Gasteiger partial charge < -0.3 is 5.11 Å². The monoisotopic (exact) mass is 250 g/mol. The van der Waals surface area contributed by atoms with Gasteiger partial charge in [0, 0.05) is 30.8 Å². The molecule has 0 spiro atoms. The Morgan fingerprint density at radius 3 is 2.78 bits per heavy atom. The second-order valence-electron chi connectivity index (χ2n) is 4.01. The molecule has 1 aromatic rings. The molecule has 0 aliphatic heterocycles. The van der Waals surface area contributed by atoms with E-state index in [4.69, 9.17) is 5.11 Å². The largest absolute Gasteiger partial charge is 0.478 e. The lowest BCUT2D eigenvalue weighted by Gasteiger charge is -2.16. The third-order valence-electron chi connectivity index (χ3n) is 2.34. The van der Waals surface area contributed by atoms with Crippen molar-refractivity contribution in [2.45, 2.75) is 6.54 Å². The first-order valence-corrected chi connectivity index (χ1v) is 5.23. The summed E-state index contributed by atoms with van der Waals surface area (Å²) < 4.78 is 0. The molecule has 0 saturated carbocycles. The van der Waals surface area contributed by atoms with Crippen LogP contribution in [0.4, 0.5) is 5.69 Å². The van der Waals surface area contributed by atoms with Gasteiger partial charge in [0.05, 0.1) is 4.92 Å². The predicted octanol–water partition coefficient (Wildman–Crippen LogP) is 1.67. The van der Waals surface area contributed by atoms with Crippen LogP contribution in [-0.2, 0) is 11.3 Å². The molecule has 0 unspecified atom stereocenters. The van der Waals surface area contributed by atoms with Crippen LogP contribution in [-0.4, -0.2) is 34.5 Å². The Balaban J connectivity index is 2.67.